The summed E-state index contributed by atoms with van der Waals surface area (Å²) in [5.74, 6) is 0.694. The number of hydrogen-bond acceptors (Lipinski definition) is 2. The number of fused-ring (bicyclic) bond motifs is 1. The highest BCUT2D eigenvalue weighted by molar-refractivity contribution is 6.31. The van der Waals surface area contributed by atoms with Crippen molar-refractivity contribution in [3.05, 3.63) is 100 Å². The van der Waals surface area contributed by atoms with Crippen LogP contribution in [0.15, 0.2) is 72.8 Å². The molecule has 4 aromatic rings. The van der Waals surface area contributed by atoms with Gasteiger partial charge in [-0.05, 0) is 49.2 Å². The molecule has 4 nitrogen and oxygen atoms in total. The Labute approximate surface area is 175 Å². The fraction of sp³-hybridized carbons (Fsp3) is 0.167. The molecule has 0 aliphatic carbocycles. The maximum absolute atomic E-state index is 12.8. The van der Waals surface area contributed by atoms with Crippen LogP contribution in [-0.4, -0.2) is 15.5 Å². The van der Waals surface area contributed by atoms with Gasteiger partial charge in [-0.3, -0.25) is 4.79 Å². The minimum absolute atomic E-state index is 0.105. The molecule has 0 saturated heterocycles. The van der Waals surface area contributed by atoms with Gasteiger partial charge in [-0.25, -0.2) is 4.98 Å². The second-order valence-corrected chi connectivity index (χ2v) is 7.55. The number of para-hydroxylation sites is 2. The molecule has 1 amide bonds. The molecule has 1 N–H and O–H groups in total. The first-order chi connectivity index (χ1) is 14.0. The van der Waals surface area contributed by atoms with Crippen LogP contribution in [-0.2, 0) is 6.54 Å². The number of hydrogen-bond donors (Lipinski definition) is 1. The minimum atomic E-state index is -0.267. The largest absolute Gasteiger partial charge is 0.342 e. The fourth-order valence-electron chi connectivity index (χ4n) is 3.55. The molecule has 0 radical (unpaired) electrons. The van der Waals surface area contributed by atoms with Gasteiger partial charge in [0.1, 0.15) is 5.82 Å². The predicted molar refractivity (Wildman–Crippen MR) is 117 cm³/mol. The van der Waals surface area contributed by atoms with E-state index in [2.05, 4.69) is 9.88 Å². The molecule has 0 unspecified atom stereocenters. The Kier molecular flexibility index (Phi) is 5.36. The topological polar surface area (TPSA) is 46.9 Å². The lowest BCUT2D eigenvalue weighted by atomic mass is 10.1. The summed E-state index contributed by atoms with van der Waals surface area (Å²) in [4.78, 5) is 17.6. The standard InChI is InChI=1S/C24H22ClN3O/c1-16-9-3-5-11-19(16)24(29)26-17(2)23-27-21-13-7-8-14-22(21)28(23)15-18-10-4-6-12-20(18)25/h3-14,17H,15H2,1-2H3,(H,26,29)/t17-/m1/s1. The van der Waals surface area contributed by atoms with Gasteiger partial charge in [0, 0.05) is 10.6 Å². The van der Waals surface area contributed by atoms with Crippen LogP contribution in [0.25, 0.3) is 11.0 Å². The zero-order valence-electron chi connectivity index (χ0n) is 16.4. The fourth-order valence-corrected chi connectivity index (χ4v) is 3.75. The van der Waals surface area contributed by atoms with Crippen LogP contribution in [0.5, 0.6) is 0 Å². The zero-order chi connectivity index (χ0) is 20.4. The lowest BCUT2D eigenvalue weighted by molar-refractivity contribution is 0.0937. The van der Waals surface area contributed by atoms with E-state index in [-0.39, 0.29) is 11.9 Å². The lowest BCUT2D eigenvalue weighted by Crippen LogP contribution is -2.29. The summed E-state index contributed by atoms with van der Waals surface area (Å²) in [6, 6.07) is 23.1. The third-order valence-electron chi connectivity index (χ3n) is 5.09. The van der Waals surface area contributed by atoms with Crippen molar-refractivity contribution >= 4 is 28.5 Å². The van der Waals surface area contributed by atoms with Gasteiger partial charge >= 0.3 is 0 Å². The summed E-state index contributed by atoms with van der Waals surface area (Å²) in [6.45, 7) is 4.48. The quantitative estimate of drug-likeness (QED) is 0.475. The van der Waals surface area contributed by atoms with Gasteiger partial charge in [-0.15, -0.1) is 0 Å². The van der Waals surface area contributed by atoms with E-state index in [1.165, 1.54) is 0 Å². The number of benzene rings is 3. The predicted octanol–water partition coefficient (Wildman–Crippen LogP) is 5.54. The summed E-state index contributed by atoms with van der Waals surface area (Å²) < 4.78 is 2.12. The van der Waals surface area contributed by atoms with Gasteiger partial charge in [-0.2, -0.15) is 0 Å². The third-order valence-corrected chi connectivity index (χ3v) is 5.46. The molecule has 0 bridgehead atoms. The zero-order valence-corrected chi connectivity index (χ0v) is 17.1. The van der Waals surface area contributed by atoms with Gasteiger partial charge in [-0.1, -0.05) is 60.1 Å². The number of carbonyl (C=O) groups excluding carboxylic acids is 1. The molecule has 1 atom stereocenters. The van der Waals surface area contributed by atoms with Gasteiger partial charge in [0.25, 0.3) is 5.91 Å². The average Bonchev–Trinajstić information content (AvgIpc) is 3.08. The van der Waals surface area contributed by atoms with Crippen molar-refractivity contribution in [3.63, 3.8) is 0 Å². The molecule has 3 aromatic carbocycles. The highest BCUT2D eigenvalue weighted by Crippen LogP contribution is 2.25. The van der Waals surface area contributed by atoms with Crippen LogP contribution >= 0.6 is 11.6 Å². The second kappa shape index (κ2) is 8.10. The van der Waals surface area contributed by atoms with E-state index in [1.54, 1.807) is 0 Å². The Hall–Kier alpha value is -3.11. The Bertz CT molecular complexity index is 1180. The van der Waals surface area contributed by atoms with E-state index in [1.807, 2.05) is 86.6 Å². The molecule has 0 aliphatic rings. The number of halogens is 1. The van der Waals surface area contributed by atoms with E-state index in [0.29, 0.717) is 17.1 Å². The number of aromatic nitrogens is 2. The molecule has 5 heteroatoms. The molecule has 4 rings (SSSR count). The number of carbonyl (C=O) groups is 1. The van der Waals surface area contributed by atoms with Crippen molar-refractivity contribution in [2.45, 2.75) is 26.4 Å². The number of rotatable bonds is 5. The van der Waals surface area contributed by atoms with Gasteiger partial charge in [0.05, 0.1) is 23.6 Å². The van der Waals surface area contributed by atoms with Gasteiger partial charge in [0.2, 0.25) is 0 Å². The first-order valence-electron chi connectivity index (χ1n) is 9.59. The molecule has 0 saturated carbocycles. The Balaban J connectivity index is 1.70. The van der Waals surface area contributed by atoms with Crippen molar-refractivity contribution in [2.24, 2.45) is 0 Å². The summed E-state index contributed by atoms with van der Waals surface area (Å²) >= 11 is 6.40. The molecule has 0 fully saturated rings. The van der Waals surface area contributed by atoms with Gasteiger partial charge < -0.3 is 9.88 Å². The van der Waals surface area contributed by atoms with Crippen LogP contribution in [0.3, 0.4) is 0 Å². The molecular weight excluding hydrogens is 382 g/mol. The highest BCUT2D eigenvalue weighted by atomic mass is 35.5. The number of nitrogens with one attached hydrogen (secondary N) is 1. The molecule has 0 aliphatic heterocycles. The Morgan fingerprint density at radius 2 is 1.72 bits per heavy atom. The number of nitrogens with zero attached hydrogens (tertiary/aromatic N) is 2. The summed E-state index contributed by atoms with van der Waals surface area (Å²) in [6.07, 6.45) is 0. The number of imidazole rings is 1. The van der Waals surface area contributed by atoms with Crippen LogP contribution in [0.1, 0.15) is 40.3 Å². The monoisotopic (exact) mass is 403 g/mol. The van der Waals surface area contributed by atoms with Crippen LogP contribution < -0.4 is 5.32 Å². The van der Waals surface area contributed by atoms with E-state index in [9.17, 15) is 4.79 Å². The average molecular weight is 404 g/mol. The maximum atomic E-state index is 12.8. The number of amides is 1. The molecule has 0 spiro atoms. The van der Waals surface area contributed by atoms with Crippen LogP contribution in [0, 0.1) is 6.92 Å². The summed E-state index contributed by atoms with van der Waals surface area (Å²) in [7, 11) is 0. The molecule has 1 aromatic heterocycles. The van der Waals surface area contributed by atoms with Crippen molar-refractivity contribution in [2.75, 3.05) is 0 Å². The van der Waals surface area contributed by atoms with E-state index >= 15 is 0 Å². The first kappa shape index (κ1) is 19.2. The summed E-state index contributed by atoms with van der Waals surface area (Å²) in [5.41, 5.74) is 4.54. The molecule has 146 valence electrons. The minimum Gasteiger partial charge on any atom is -0.342 e. The molecule has 1 heterocycles. The number of aryl methyl sites for hydroxylation is 1. The first-order valence-corrected chi connectivity index (χ1v) is 9.97. The van der Waals surface area contributed by atoms with E-state index in [0.717, 1.165) is 28.0 Å². The smallest absolute Gasteiger partial charge is 0.252 e. The SMILES string of the molecule is Cc1ccccc1C(=O)N[C@H](C)c1nc2ccccc2n1Cc1ccccc1Cl. The van der Waals surface area contributed by atoms with E-state index in [4.69, 9.17) is 16.6 Å². The lowest BCUT2D eigenvalue weighted by Gasteiger charge is -2.17. The third kappa shape index (κ3) is 3.89. The normalized spacial score (nSPS) is 12.1. The molecular formula is C24H22ClN3O. The van der Waals surface area contributed by atoms with Crippen molar-refractivity contribution in [1.82, 2.24) is 14.9 Å². The van der Waals surface area contributed by atoms with Crippen molar-refractivity contribution < 1.29 is 4.79 Å². The maximum Gasteiger partial charge on any atom is 0.252 e. The van der Waals surface area contributed by atoms with Crippen molar-refractivity contribution in [3.8, 4) is 0 Å². The molecule has 29 heavy (non-hydrogen) atoms. The van der Waals surface area contributed by atoms with E-state index < -0.39 is 0 Å². The van der Waals surface area contributed by atoms with Crippen LogP contribution in [0.2, 0.25) is 5.02 Å². The summed E-state index contributed by atoms with van der Waals surface area (Å²) in [5, 5.41) is 3.82. The second-order valence-electron chi connectivity index (χ2n) is 7.15. The highest BCUT2D eigenvalue weighted by Gasteiger charge is 2.20. The van der Waals surface area contributed by atoms with Crippen LogP contribution in [0.4, 0.5) is 0 Å². The Morgan fingerprint density at radius 1 is 1.03 bits per heavy atom. The van der Waals surface area contributed by atoms with Crippen molar-refractivity contribution in [1.29, 1.82) is 0 Å². The Morgan fingerprint density at radius 3 is 2.52 bits per heavy atom. The van der Waals surface area contributed by atoms with Gasteiger partial charge in [0.15, 0.2) is 0 Å².